The van der Waals surface area contributed by atoms with E-state index < -0.39 is 35.5 Å². The van der Waals surface area contributed by atoms with Gasteiger partial charge in [-0.25, -0.2) is 14.2 Å². The summed E-state index contributed by atoms with van der Waals surface area (Å²) in [5.41, 5.74) is -0.809. The molecular weight excluding hydrogens is 506 g/mol. The Kier molecular flexibility index (Phi) is 7.77. The van der Waals surface area contributed by atoms with Crippen molar-refractivity contribution >= 4 is 41.0 Å². The van der Waals surface area contributed by atoms with Crippen molar-refractivity contribution in [3.8, 4) is 0 Å². The van der Waals surface area contributed by atoms with Gasteiger partial charge in [0, 0.05) is 45.5 Å². The Morgan fingerprint density at radius 2 is 1.83 bits per heavy atom. The van der Waals surface area contributed by atoms with Crippen LogP contribution in [0.5, 0.6) is 0 Å². The number of anilines is 2. The van der Waals surface area contributed by atoms with Gasteiger partial charge in [0.05, 0.1) is 17.1 Å². The zero-order chi connectivity index (χ0) is 26.9. The summed E-state index contributed by atoms with van der Waals surface area (Å²) in [6.07, 6.45) is -4.75. The fourth-order valence-corrected chi connectivity index (χ4v) is 3.90. The van der Waals surface area contributed by atoms with Crippen molar-refractivity contribution < 1.29 is 31.9 Å². The Labute approximate surface area is 210 Å². The quantitative estimate of drug-likeness (QED) is 0.531. The molecule has 194 valence electrons. The maximum atomic E-state index is 13.6. The monoisotopic (exact) mass is 529 g/mol. The second-order valence-corrected chi connectivity index (χ2v) is 8.91. The number of urea groups is 1. The molecule has 1 saturated heterocycles. The van der Waals surface area contributed by atoms with Crippen LogP contribution in [-0.4, -0.2) is 72.9 Å². The van der Waals surface area contributed by atoms with E-state index in [1.54, 1.807) is 14.1 Å². The lowest BCUT2D eigenvalue weighted by Crippen LogP contribution is -2.47. The molecule has 0 saturated carbocycles. The van der Waals surface area contributed by atoms with Crippen LogP contribution in [0.4, 0.5) is 33.9 Å². The van der Waals surface area contributed by atoms with Gasteiger partial charge in [-0.3, -0.25) is 14.5 Å². The molecule has 3 rings (SSSR count). The van der Waals surface area contributed by atoms with Crippen LogP contribution in [0.2, 0.25) is 5.02 Å². The number of pyridine rings is 1. The summed E-state index contributed by atoms with van der Waals surface area (Å²) >= 11 is 5.83. The van der Waals surface area contributed by atoms with Crippen molar-refractivity contribution in [2.45, 2.75) is 25.6 Å². The summed E-state index contributed by atoms with van der Waals surface area (Å²) in [6, 6.07) is 3.09. The third-order valence-corrected chi connectivity index (χ3v) is 5.99. The van der Waals surface area contributed by atoms with Gasteiger partial charge >= 0.3 is 12.2 Å². The number of hydrogen-bond donors (Lipinski definition) is 0. The second-order valence-electron chi connectivity index (χ2n) is 8.50. The minimum atomic E-state index is -4.70. The molecule has 2 heterocycles. The summed E-state index contributed by atoms with van der Waals surface area (Å²) in [5.74, 6) is -1.98. The first-order chi connectivity index (χ1) is 16.7. The van der Waals surface area contributed by atoms with Crippen molar-refractivity contribution in [1.82, 2.24) is 14.8 Å². The van der Waals surface area contributed by atoms with Gasteiger partial charge in [-0.1, -0.05) is 11.6 Å². The molecule has 1 aromatic carbocycles. The van der Waals surface area contributed by atoms with Gasteiger partial charge in [-0.05, 0) is 37.3 Å². The zero-order valence-electron chi connectivity index (χ0n) is 19.9. The Balaban J connectivity index is 2.01. The number of aryl methyl sites for hydroxylation is 1. The van der Waals surface area contributed by atoms with E-state index >= 15 is 0 Å². The number of aromatic nitrogens is 1. The van der Waals surface area contributed by atoms with Crippen molar-refractivity contribution in [1.29, 1.82) is 0 Å². The predicted molar refractivity (Wildman–Crippen MR) is 125 cm³/mol. The number of likely N-dealkylation sites (N-methyl/N-ethyl adjacent to an activating group) is 1. The standard InChI is InChI=1S/C23H24ClF4N5O3/c1-13-9-14(23(26,27)28)10-19(29-13)33-18(12-32(22(33)36)8-7-20(34)30(2)3)21(35)31(4)15-5-6-17(25)16(24)11-15/h5-6,9-11,18H,7-8,12H2,1-4H3. The van der Waals surface area contributed by atoms with Gasteiger partial charge in [0.2, 0.25) is 5.91 Å². The highest BCUT2D eigenvalue weighted by Gasteiger charge is 2.45. The van der Waals surface area contributed by atoms with Crippen molar-refractivity contribution in [3.05, 3.63) is 52.4 Å². The average Bonchev–Trinajstić information content (AvgIpc) is 3.13. The van der Waals surface area contributed by atoms with Gasteiger partial charge in [0.1, 0.15) is 17.7 Å². The van der Waals surface area contributed by atoms with E-state index in [-0.39, 0.29) is 47.6 Å². The largest absolute Gasteiger partial charge is 0.416 e. The summed E-state index contributed by atoms with van der Waals surface area (Å²) in [6.45, 7) is 1.09. The first kappa shape index (κ1) is 27.2. The number of alkyl halides is 3. The lowest BCUT2D eigenvalue weighted by Gasteiger charge is -2.27. The highest BCUT2D eigenvalue weighted by atomic mass is 35.5. The van der Waals surface area contributed by atoms with E-state index in [1.807, 2.05) is 0 Å². The van der Waals surface area contributed by atoms with E-state index in [4.69, 9.17) is 11.6 Å². The molecule has 0 bridgehead atoms. The number of rotatable bonds is 6. The molecule has 0 N–H and O–H groups in total. The zero-order valence-corrected chi connectivity index (χ0v) is 20.7. The van der Waals surface area contributed by atoms with Crippen molar-refractivity contribution in [3.63, 3.8) is 0 Å². The normalized spacial score (nSPS) is 15.9. The Bertz CT molecular complexity index is 1190. The Morgan fingerprint density at radius 1 is 1.17 bits per heavy atom. The highest BCUT2D eigenvalue weighted by molar-refractivity contribution is 6.31. The number of amides is 4. The van der Waals surface area contributed by atoms with E-state index in [9.17, 15) is 31.9 Å². The first-order valence-corrected chi connectivity index (χ1v) is 11.1. The molecule has 1 atom stereocenters. The molecule has 1 aliphatic heterocycles. The number of carbonyl (C=O) groups excluding carboxylic acids is 3. The summed E-state index contributed by atoms with van der Waals surface area (Å²) in [5, 5.41) is -0.231. The van der Waals surface area contributed by atoms with Gasteiger partial charge in [-0.2, -0.15) is 13.2 Å². The van der Waals surface area contributed by atoms with Gasteiger partial charge in [0.25, 0.3) is 5.91 Å². The predicted octanol–water partition coefficient (Wildman–Crippen LogP) is 3.95. The Morgan fingerprint density at radius 3 is 2.42 bits per heavy atom. The van der Waals surface area contributed by atoms with Crippen LogP contribution in [0.15, 0.2) is 30.3 Å². The average molecular weight is 530 g/mol. The van der Waals surface area contributed by atoms with Gasteiger partial charge in [0.15, 0.2) is 0 Å². The number of nitrogens with zero attached hydrogens (tertiary/aromatic N) is 5. The van der Waals surface area contributed by atoms with Crippen LogP contribution >= 0.6 is 11.6 Å². The van der Waals surface area contributed by atoms with Gasteiger partial charge in [-0.15, -0.1) is 0 Å². The van der Waals surface area contributed by atoms with Gasteiger partial charge < -0.3 is 14.7 Å². The first-order valence-electron chi connectivity index (χ1n) is 10.8. The third kappa shape index (κ3) is 5.69. The molecule has 36 heavy (non-hydrogen) atoms. The molecule has 2 aromatic rings. The minimum absolute atomic E-state index is 0.00118. The topological polar surface area (TPSA) is 77.1 Å². The van der Waals surface area contributed by atoms with Crippen LogP contribution in [0.25, 0.3) is 0 Å². The van der Waals surface area contributed by atoms with Crippen LogP contribution < -0.4 is 9.80 Å². The third-order valence-electron chi connectivity index (χ3n) is 5.70. The molecular formula is C23H24ClF4N5O3. The minimum Gasteiger partial charge on any atom is -0.349 e. The van der Waals surface area contributed by atoms with E-state index in [0.717, 1.165) is 21.9 Å². The molecule has 1 fully saturated rings. The molecule has 0 radical (unpaired) electrons. The molecule has 0 spiro atoms. The van der Waals surface area contributed by atoms with Crippen LogP contribution in [-0.2, 0) is 15.8 Å². The maximum Gasteiger partial charge on any atom is 0.416 e. The van der Waals surface area contributed by atoms with E-state index in [0.29, 0.717) is 6.07 Å². The fraction of sp³-hybridized carbons (Fsp3) is 0.391. The molecule has 13 heteroatoms. The number of carbonyl (C=O) groups is 3. The SMILES string of the molecule is Cc1cc(C(F)(F)F)cc(N2C(=O)N(CCC(=O)N(C)C)CC2C(=O)N(C)c2ccc(F)c(Cl)c2)n1. The van der Waals surface area contributed by atoms with E-state index in [1.165, 1.54) is 35.9 Å². The van der Waals surface area contributed by atoms with E-state index in [2.05, 4.69) is 4.98 Å². The molecule has 4 amide bonds. The Hall–Kier alpha value is -3.41. The van der Waals surface area contributed by atoms with Crippen LogP contribution in [0.3, 0.4) is 0 Å². The fourth-order valence-electron chi connectivity index (χ4n) is 3.72. The maximum absolute atomic E-state index is 13.6. The summed E-state index contributed by atoms with van der Waals surface area (Å²) in [7, 11) is 4.47. The van der Waals surface area contributed by atoms with Crippen molar-refractivity contribution in [2.24, 2.45) is 0 Å². The summed E-state index contributed by atoms with van der Waals surface area (Å²) < 4.78 is 54.0. The molecule has 1 aliphatic rings. The number of benzene rings is 1. The smallest absolute Gasteiger partial charge is 0.349 e. The highest BCUT2D eigenvalue weighted by Crippen LogP contribution is 2.34. The molecule has 1 unspecified atom stereocenters. The lowest BCUT2D eigenvalue weighted by atomic mass is 10.1. The van der Waals surface area contributed by atoms with Crippen LogP contribution in [0, 0.1) is 12.7 Å². The molecule has 0 aliphatic carbocycles. The van der Waals surface area contributed by atoms with Crippen LogP contribution in [0.1, 0.15) is 17.7 Å². The lowest BCUT2D eigenvalue weighted by molar-refractivity contribution is -0.137. The number of hydrogen-bond acceptors (Lipinski definition) is 4. The summed E-state index contributed by atoms with van der Waals surface area (Å²) in [4.78, 5) is 47.5. The number of halogens is 5. The second kappa shape index (κ2) is 10.3. The molecule has 1 aromatic heterocycles. The van der Waals surface area contributed by atoms with Crippen molar-refractivity contribution in [2.75, 3.05) is 44.0 Å². The molecule has 8 nitrogen and oxygen atoms in total.